The lowest BCUT2D eigenvalue weighted by Gasteiger charge is -2.37. The van der Waals surface area contributed by atoms with E-state index in [0.717, 1.165) is 6.42 Å². The molecule has 1 aromatic heterocycles. The molecule has 22 heavy (non-hydrogen) atoms. The third kappa shape index (κ3) is 2.96. The Hall–Kier alpha value is -1.60. The normalized spacial score (nSPS) is 21.3. The number of ether oxygens (including phenoxy) is 1. The van der Waals surface area contributed by atoms with E-state index in [0.29, 0.717) is 30.2 Å². The van der Waals surface area contributed by atoms with Crippen LogP contribution in [-0.4, -0.2) is 52.3 Å². The monoisotopic (exact) mass is 328 g/mol. The first-order chi connectivity index (χ1) is 10.4. The van der Waals surface area contributed by atoms with E-state index in [9.17, 15) is 9.59 Å². The van der Waals surface area contributed by atoms with Gasteiger partial charge in [0.1, 0.15) is 5.69 Å². The molecule has 0 aromatic carbocycles. The number of carbonyl (C=O) groups is 2. The number of aryl methyl sites for hydroxylation is 1. The minimum absolute atomic E-state index is 0.0739. The van der Waals surface area contributed by atoms with E-state index in [1.54, 1.807) is 16.7 Å². The molecule has 8 heteroatoms. The lowest BCUT2D eigenvalue weighted by atomic mass is 9.92. The van der Waals surface area contributed by atoms with Gasteiger partial charge in [-0.05, 0) is 19.8 Å². The molecule has 7 nitrogen and oxygen atoms in total. The average molecular weight is 329 g/mol. The molecule has 0 radical (unpaired) electrons. The van der Waals surface area contributed by atoms with Crippen LogP contribution < -0.4 is 5.73 Å². The van der Waals surface area contributed by atoms with Gasteiger partial charge in [0.05, 0.1) is 29.8 Å². The summed E-state index contributed by atoms with van der Waals surface area (Å²) in [5.74, 6) is -0.688. The Balaban J connectivity index is 2.37. The Kier molecular flexibility index (Phi) is 5.08. The second-order valence-electron chi connectivity index (χ2n) is 5.52. The Morgan fingerprint density at radius 2 is 2.27 bits per heavy atom. The molecule has 122 valence electrons. The highest BCUT2D eigenvalue weighted by molar-refractivity contribution is 6.33. The Morgan fingerprint density at radius 3 is 2.86 bits per heavy atom. The molecule has 1 aromatic rings. The van der Waals surface area contributed by atoms with Crippen molar-refractivity contribution in [1.29, 1.82) is 0 Å². The predicted octanol–water partition coefficient (Wildman–Crippen LogP) is 1.05. The minimum Gasteiger partial charge on any atom is -0.382 e. The fourth-order valence-electron chi connectivity index (χ4n) is 3.18. The van der Waals surface area contributed by atoms with Crippen molar-refractivity contribution < 1.29 is 14.3 Å². The molecule has 0 unspecified atom stereocenters. The number of methoxy groups -OCH3 is 1. The number of nitrogens with two attached hydrogens (primary N) is 1. The molecule has 2 N–H and O–H groups in total. The average Bonchev–Trinajstić information content (AvgIpc) is 3.01. The zero-order valence-corrected chi connectivity index (χ0v) is 13.6. The molecular weight excluding hydrogens is 308 g/mol. The maximum Gasteiger partial charge on any atom is 0.274 e. The van der Waals surface area contributed by atoms with E-state index in [-0.39, 0.29) is 18.9 Å². The topological polar surface area (TPSA) is 90.4 Å². The number of likely N-dealkylation sites (tertiary alicyclic amines) is 1. The van der Waals surface area contributed by atoms with Crippen LogP contribution in [0.4, 0.5) is 0 Å². The van der Waals surface area contributed by atoms with Crippen LogP contribution in [0.3, 0.4) is 0 Å². The van der Waals surface area contributed by atoms with Crippen molar-refractivity contribution in [3.63, 3.8) is 0 Å². The zero-order chi connectivity index (χ0) is 16.3. The molecule has 1 aliphatic rings. The van der Waals surface area contributed by atoms with Gasteiger partial charge in [-0.2, -0.15) is 5.10 Å². The van der Waals surface area contributed by atoms with Gasteiger partial charge in [0.15, 0.2) is 0 Å². The first-order valence-corrected chi connectivity index (χ1v) is 7.63. The van der Waals surface area contributed by atoms with Crippen LogP contribution in [0.1, 0.15) is 36.7 Å². The third-order valence-electron chi connectivity index (χ3n) is 4.05. The molecule has 1 saturated heterocycles. The van der Waals surface area contributed by atoms with Gasteiger partial charge in [-0.3, -0.25) is 14.3 Å². The standard InChI is InChI=1S/C14H21ClN4O3/c1-3-19-12(10(15)8-17-19)13(21)18-6-4-5-14(18,9-22-2)7-11(16)20/h8H,3-7,9H2,1-2H3,(H2,16,20)/t14-/m1/s1. The van der Waals surface area contributed by atoms with E-state index < -0.39 is 11.4 Å². The van der Waals surface area contributed by atoms with Crippen LogP contribution in [0.5, 0.6) is 0 Å². The summed E-state index contributed by atoms with van der Waals surface area (Å²) in [6.45, 7) is 3.23. The molecule has 1 fully saturated rings. The number of carbonyl (C=O) groups excluding carboxylic acids is 2. The van der Waals surface area contributed by atoms with E-state index in [4.69, 9.17) is 22.1 Å². The zero-order valence-electron chi connectivity index (χ0n) is 12.8. The molecule has 2 amide bonds. The molecule has 0 aliphatic carbocycles. The van der Waals surface area contributed by atoms with Crippen molar-refractivity contribution in [3.8, 4) is 0 Å². The van der Waals surface area contributed by atoms with E-state index >= 15 is 0 Å². The van der Waals surface area contributed by atoms with Gasteiger partial charge in [0.25, 0.3) is 5.91 Å². The first-order valence-electron chi connectivity index (χ1n) is 7.25. The second-order valence-corrected chi connectivity index (χ2v) is 5.92. The smallest absolute Gasteiger partial charge is 0.274 e. The number of nitrogens with zero attached hydrogens (tertiary/aromatic N) is 3. The van der Waals surface area contributed by atoms with E-state index in [2.05, 4.69) is 5.10 Å². The maximum absolute atomic E-state index is 13.0. The van der Waals surface area contributed by atoms with Gasteiger partial charge < -0.3 is 15.4 Å². The number of amides is 2. The highest BCUT2D eigenvalue weighted by atomic mass is 35.5. The highest BCUT2D eigenvalue weighted by Gasteiger charge is 2.46. The maximum atomic E-state index is 13.0. The fraction of sp³-hybridized carbons (Fsp3) is 0.643. The molecule has 1 atom stereocenters. The third-order valence-corrected chi connectivity index (χ3v) is 4.33. The van der Waals surface area contributed by atoms with Crippen LogP contribution in [-0.2, 0) is 16.1 Å². The summed E-state index contributed by atoms with van der Waals surface area (Å²) in [5.41, 5.74) is 5.02. The van der Waals surface area contributed by atoms with Gasteiger partial charge in [-0.25, -0.2) is 0 Å². The number of aromatic nitrogens is 2. The molecule has 2 heterocycles. The van der Waals surface area contributed by atoms with Gasteiger partial charge in [-0.1, -0.05) is 11.6 Å². The molecular formula is C14H21ClN4O3. The van der Waals surface area contributed by atoms with Crippen molar-refractivity contribution in [2.45, 2.75) is 38.3 Å². The summed E-state index contributed by atoms with van der Waals surface area (Å²) in [7, 11) is 1.55. The summed E-state index contributed by atoms with van der Waals surface area (Å²) in [6, 6.07) is 0. The number of hydrogen-bond donors (Lipinski definition) is 1. The molecule has 1 aliphatic heterocycles. The Morgan fingerprint density at radius 1 is 1.55 bits per heavy atom. The van der Waals surface area contributed by atoms with Gasteiger partial charge in [0, 0.05) is 20.2 Å². The number of rotatable bonds is 6. The predicted molar refractivity (Wildman–Crippen MR) is 81.6 cm³/mol. The highest BCUT2D eigenvalue weighted by Crippen LogP contribution is 2.35. The molecule has 2 rings (SSSR count). The molecule has 0 saturated carbocycles. The van der Waals surface area contributed by atoms with Crippen molar-refractivity contribution >= 4 is 23.4 Å². The Labute approximate surface area is 134 Å². The summed E-state index contributed by atoms with van der Waals surface area (Å²) in [6.07, 6.45) is 3.00. The summed E-state index contributed by atoms with van der Waals surface area (Å²) in [4.78, 5) is 26.1. The van der Waals surface area contributed by atoms with Gasteiger partial charge >= 0.3 is 0 Å². The summed E-state index contributed by atoms with van der Waals surface area (Å²) >= 11 is 6.12. The van der Waals surface area contributed by atoms with Crippen LogP contribution >= 0.6 is 11.6 Å². The van der Waals surface area contributed by atoms with Crippen molar-refractivity contribution in [3.05, 3.63) is 16.9 Å². The molecule has 0 spiro atoms. The largest absolute Gasteiger partial charge is 0.382 e. The van der Waals surface area contributed by atoms with Gasteiger partial charge in [-0.15, -0.1) is 0 Å². The quantitative estimate of drug-likeness (QED) is 0.845. The lowest BCUT2D eigenvalue weighted by molar-refractivity contribution is -0.121. The second kappa shape index (κ2) is 6.66. The molecule has 0 bridgehead atoms. The lowest BCUT2D eigenvalue weighted by Crippen LogP contribution is -2.53. The van der Waals surface area contributed by atoms with E-state index in [1.165, 1.54) is 6.20 Å². The first kappa shape index (κ1) is 16.8. The van der Waals surface area contributed by atoms with Crippen LogP contribution in [0.25, 0.3) is 0 Å². The summed E-state index contributed by atoms with van der Waals surface area (Å²) < 4.78 is 6.82. The van der Waals surface area contributed by atoms with Crippen LogP contribution in [0.15, 0.2) is 6.20 Å². The van der Waals surface area contributed by atoms with Crippen molar-refractivity contribution in [2.75, 3.05) is 20.3 Å². The summed E-state index contributed by atoms with van der Waals surface area (Å²) in [5, 5.41) is 4.41. The van der Waals surface area contributed by atoms with E-state index in [1.807, 2.05) is 6.92 Å². The number of halogens is 1. The van der Waals surface area contributed by atoms with Crippen molar-refractivity contribution in [2.24, 2.45) is 5.73 Å². The van der Waals surface area contributed by atoms with Crippen molar-refractivity contribution in [1.82, 2.24) is 14.7 Å². The minimum atomic E-state index is -0.705. The fourth-order valence-corrected chi connectivity index (χ4v) is 3.40. The number of hydrogen-bond acceptors (Lipinski definition) is 4. The van der Waals surface area contributed by atoms with Crippen LogP contribution in [0.2, 0.25) is 5.02 Å². The SMILES string of the molecule is CCn1ncc(Cl)c1C(=O)N1CCC[C@]1(COC)CC(N)=O. The number of primary amides is 1. The Bertz CT molecular complexity index is 574. The van der Waals surface area contributed by atoms with Gasteiger partial charge in [0.2, 0.25) is 5.91 Å². The van der Waals surface area contributed by atoms with Crippen LogP contribution in [0, 0.1) is 0 Å².